The Morgan fingerprint density at radius 1 is 0.859 bits per heavy atom. The smallest absolute Gasteiger partial charge is 0.413 e. The van der Waals surface area contributed by atoms with E-state index in [0.29, 0.717) is 17.6 Å². The molecular weight excluding hydrogens is 827 g/mol. The first kappa shape index (κ1) is 47.1. The Hall–Kier alpha value is -4.83. The molecule has 12 atom stereocenters. The van der Waals surface area contributed by atoms with Crippen LogP contribution in [0, 0.1) is 22.7 Å². The van der Waals surface area contributed by atoms with Crippen molar-refractivity contribution in [2.75, 3.05) is 6.61 Å². The SMILES string of the molecule is CC(=O)O[C@@H]1C2=C(C)[C@@H](OC(=O)[C@@H]3OC(C)(C)N(C(=O)OC(C)(C)C)[C@@H]3c3ccccc3)C[C@@](O)([C@@H](OC(=O)c3ccccc3)C3[C@@](C)([C@@H](C)C[C@H]4OC[C@@]34OC(C)=O)[C@H]1O)C2(C)C. The molecule has 348 valence electrons. The standard InChI is InChI=1S/C49H63NO14/c1-26-23-33-48(25-58-33,62-29(4)52)38-40(61-41(54)31-21-17-14-18-22-31)49(57)24-32(27(2)34(45(49,8)9)36(59-28(3)51)39(53)47(26,38)12)60-42(55)37-35(30-19-15-13-16-20-30)50(46(10,11)63-37)43(56)64-44(5,6)7/h13-22,26,32-33,35-40,53,57H,23-25H2,1-12H3/t26-,32-,33+,35+,36+,37+,38?,39-,40-,47+,48-,49+/m0/s1. The number of hydrogen-bond acceptors (Lipinski definition) is 14. The molecule has 2 saturated carbocycles. The first-order valence-corrected chi connectivity index (χ1v) is 22.0. The highest BCUT2D eigenvalue weighted by Gasteiger charge is 2.77. The van der Waals surface area contributed by atoms with E-state index in [1.54, 1.807) is 123 Å². The van der Waals surface area contributed by atoms with Crippen molar-refractivity contribution >= 4 is 30.0 Å². The normalized spacial score (nSPS) is 36.2. The number of esters is 4. The molecule has 3 aliphatic carbocycles. The lowest BCUT2D eigenvalue weighted by Gasteiger charge is -2.69. The second-order valence-electron chi connectivity index (χ2n) is 20.5. The van der Waals surface area contributed by atoms with E-state index in [4.69, 9.17) is 33.2 Å². The van der Waals surface area contributed by atoms with Crippen LogP contribution >= 0.6 is 0 Å². The van der Waals surface area contributed by atoms with Gasteiger partial charge in [-0.05, 0) is 82.7 Å². The van der Waals surface area contributed by atoms with Crippen LogP contribution in [0.4, 0.5) is 4.79 Å². The number of aliphatic hydroxyl groups excluding tert-OH is 1. The number of carbonyl (C=O) groups is 5. The van der Waals surface area contributed by atoms with Crippen molar-refractivity contribution in [2.45, 2.75) is 161 Å². The lowest BCUT2D eigenvalue weighted by molar-refractivity contribution is -0.358. The Morgan fingerprint density at radius 3 is 2.02 bits per heavy atom. The number of benzene rings is 2. The van der Waals surface area contributed by atoms with Gasteiger partial charge in [-0.15, -0.1) is 0 Å². The van der Waals surface area contributed by atoms with E-state index in [9.17, 15) is 34.2 Å². The lowest BCUT2D eigenvalue weighted by Crippen LogP contribution is -2.81. The topological polar surface area (TPSA) is 194 Å². The molecule has 2 saturated heterocycles. The third-order valence-corrected chi connectivity index (χ3v) is 14.7. The van der Waals surface area contributed by atoms with E-state index in [-0.39, 0.29) is 24.2 Å². The number of carbonyl (C=O) groups excluding carboxylic acids is 5. The summed E-state index contributed by atoms with van der Waals surface area (Å²) in [5.41, 5.74) is -7.53. The van der Waals surface area contributed by atoms with Gasteiger partial charge in [0.2, 0.25) is 0 Å². The summed E-state index contributed by atoms with van der Waals surface area (Å²) in [5, 5.41) is 27.0. The van der Waals surface area contributed by atoms with Gasteiger partial charge in [-0.3, -0.25) is 14.5 Å². The number of fused-ring (bicyclic) bond motifs is 5. The first-order valence-electron chi connectivity index (χ1n) is 22.0. The van der Waals surface area contributed by atoms with Gasteiger partial charge in [0.15, 0.2) is 17.8 Å². The third-order valence-electron chi connectivity index (χ3n) is 14.7. The van der Waals surface area contributed by atoms with Crippen molar-refractivity contribution in [1.29, 1.82) is 0 Å². The summed E-state index contributed by atoms with van der Waals surface area (Å²) in [6.45, 7) is 19.6. The summed E-state index contributed by atoms with van der Waals surface area (Å²) < 4.78 is 43.8. The molecule has 2 aromatic carbocycles. The molecule has 1 unspecified atom stereocenters. The molecule has 15 heteroatoms. The van der Waals surface area contributed by atoms with Gasteiger partial charge in [-0.1, -0.05) is 76.2 Å². The Balaban J connectivity index is 1.42. The van der Waals surface area contributed by atoms with Crippen molar-refractivity contribution in [3.8, 4) is 0 Å². The van der Waals surface area contributed by atoms with Crippen LogP contribution < -0.4 is 0 Å². The maximum absolute atomic E-state index is 15.0. The molecule has 2 aliphatic heterocycles. The van der Waals surface area contributed by atoms with E-state index >= 15 is 0 Å². The van der Waals surface area contributed by atoms with E-state index in [0.717, 1.165) is 0 Å². The molecule has 7 rings (SSSR count). The fraction of sp³-hybridized carbons (Fsp3) is 0.612. The van der Waals surface area contributed by atoms with Gasteiger partial charge in [0.25, 0.3) is 0 Å². The molecule has 2 bridgehead atoms. The molecule has 2 heterocycles. The molecule has 2 N–H and O–H groups in total. The maximum atomic E-state index is 15.0. The van der Waals surface area contributed by atoms with Crippen molar-refractivity contribution < 1.29 is 67.3 Å². The molecule has 0 radical (unpaired) electrons. The molecule has 64 heavy (non-hydrogen) atoms. The van der Waals surface area contributed by atoms with Crippen LogP contribution in [0.3, 0.4) is 0 Å². The zero-order valence-electron chi connectivity index (χ0n) is 38.8. The van der Waals surface area contributed by atoms with Crippen LogP contribution in [-0.4, -0.2) is 111 Å². The van der Waals surface area contributed by atoms with Crippen LogP contribution in [0.5, 0.6) is 0 Å². The second-order valence-corrected chi connectivity index (χ2v) is 20.5. The van der Waals surface area contributed by atoms with Gasteiger partial charge in [0.05, 0.1) is 18.1 Å². The quantitative estimate of drug-likeness (QED) is 0.177. The van der Waals surface area contributed by atoms with Gasteiger partial charge < -0.3 is 43.4 Å². The number of amides is 1. The van der Waals surface area contributed by atoms with Gasteiger partial charge in [0.1, 0.15) is 47.4 Å². The summed E-state index contributed by atoms with van der Waals surface area (Å²) in [5.74, 6) is -4.71. The fourth-order valence-electron chi connectivity index (χ4n) is 11.5. The van der Waals surface area contributed by atoms with Crippen molar-refractivity contribution in [3.05, 3.63) is 82.9 Å². The highest BCUT2D eigenvalue weighted by molar-refractivity contribution is 5.89. The van der Waals surface area contributed by atoms with Gasteiger partial charge >= 0.3 is 30.0 Å². The maximum Gasteiger partial charge on any atom is 0.413 e. The average molecular weight is 890 g/mol. The summed E-state index contributed by atoms with van der Waals surface area (Å²) in [6.07, 6.45) is -8.80. The number of rotatable bonds is 7. The molecule has 15 nitrogen and oxygen atoms in total. The average Bonchev–Trinajstić information content (AvgIpc) is 3.49. The summed E-state index contributed by atoms with van der Waals surface area (Å²) in [7, 11) is 0. The van der Waals surface area contributed by atoms with Crippen LogP contribution in [0.2, 0.25) is 0 Å². The van der Waals surface area contributed by atoms with E-state index < -0.39 is 118 Å². The predicted molar refractivity (Wildman–Crippen MR) is 229 cm³/mol. The summed E-state index contributed by atoms with van der Waals surface area (Å²) in [4.78, 5) is 71.1. The minimum absolute atomic E-state index is 0.144. The Morgan fingerprint density at radius 2 is 1.47 bits per heavy atom. The van der Waals surface area contributed by atoms with Crippen LogP contribution in [-0.2, 0) is 47.5 Å². The number of ether oxygens (including phenoxy) is 7. The number of hydrogen-bond donors (Lipinski definition) is 2. The highest BCUT2D eigenvalue weighted by Crippen LogP contribution is 2.66. The number of nitrogens with zero attached hydrogens (tertiary/aromatic N) is 1. The van der Waals surface area contributed by atoms with E-state index in [1.807, 2.05) is 6.92 Å². The summed E-state index contributed by atoms with van der Waals surface area (Å²) in [6, 6.07) is 16.1. The zero-order valence-corrected chi connectivity index (χ0v) is 38.8. The zero-order chi connectivity index (χ0) is 47.1. The molecule has 5 aliphatic rings. The van der Waals surface area contributed by atoms with Gasteiger partial charge in [0, 0.05) is 31.1 Å². The molecule has 0 aromatic heterocycles. The second kappa shape index (κ2) is 16.2. The largest absolute Gasteiger partial charge is 0.456 e. The van der Waals surface area contributed by atoms with Crippen molar-refractivity contribution in [3.63, 3.8) is 0 Å². The van der Waals surface area contributed by atoms with Crippen LogP contribution in [0.25, 0.3) is 0 Å². The van der Waals surface area contributed by atoms with Crippen LogP contribution in [0.1, 0.15) is 118 Å². The molecule has 2 aromatic rings. The predicted octanol–water partition coefficient (Wildman–Crippen LogP) is 6.38. The highest BCUT2D eigenvalue weighted by atomic mass is 16.6. The fourth-order valence-corrected chi connectivity index (χ4v) is 11.5. The van der Waals surface area contributed by atoms with Gasteiger partial charge in [-0.2, -0.15) is 0 Å². The first-order chi connectivity index (χ1) is 29.7. The monoisotopic (exact) mass is 889 g/mol. The van der Waals surface area contributed by atoms with E-state index in [1.165, 1.54) is 18.7 Å². The lowest BCUT2D eigenvalue weighted by atomic mass is 9.43. The Bertz CT molecular complexity index is 2200. The van der Waals surface area contributed by atoms with Crippen LogP contribution in [0.15, 0.2) is 71.8 Å². The molecule has 1 amide bonds. The molecule has 0 spiro atoms. The van der Waals surface area contributed by atoms with Crippen molar-refractivity contribution in [1.82, 2.24) is 4.90 Å². The Labute approximate surface area is 374 Å². The summed E-state index contributed by atoms with van der Waals surface area (Å²) >= 11 is 0. The minimum atomic E-state index is -2.21. The third kappa shape index (κ3) is 7.59. The van der Waals surface area contributed by atoms with E-state index in [2.05, 4.69) is 0 Å². The number of aliphatic hydroxyl groups is 2. The Kier molecular flexibility index (Phi) is 12.0. The van der Waals surface area contributed by atoms with Crippen molar-refractivity contribution in [2.24, 2.45) is 22.7 Å². The van der Waals surface area contributed by atoms with Gasteiger partial charge in [-0.25, -0.2) is 14.4 Å². The molecular formula is C49H63NO14. The minimum Gasteiger partial charge on any atom is -0.456 e. The molecule has 4 fully saturated rings.